The van der Waals surface area contributed by atoms with Gasteiger partial charge in [0.25, 0.3) is 5.91 Å². The molecule has 26 heavy (non-hydrogen) atoms. The van der Waals surface area contributed by atoms with Crippen molar-refractivity contribution in [1.29, 1.82) is 0 Å². The third kappa shape index (κ3) is 5.74. The maximum atomic E-state index is 12.9. The normalized spacial score (nSPS) is 11.9. The molecule has 0 aliphatic heterocycles. The molecule has 0 bridgehead atoms. The van der Waals surface area contributed by atoms with Crippen molar-refractivity contribution in [1.82, 2.24) is 10.2 Å². The van der Waals surface area contributed by atoms with Crippen LogP contribution in [-0.4, -0.2) is 52.1 Å². The van der Waals surface area contributed by atoms with E-state index in [0.29, 0.717) is 12.3 Å². The third-order valence-corrected chi connectivity index (χ3v) is 4.09. The van der Waals surface area contributed by atoms with Crippen LogP contribution in [0.5, 0.6) is 5.75 Å². The summed E-state index contributed by atoms with van der Waals surface area (Å²) in [5.41, 5.74) is 2.25. The second kappa shape index (κ2) is 9.20. The summed E-state index contributed by atoms with van der Waals surface area (Å²) in [5.74, 6) is -0.0908. The first-order valence-electron chi connectivity index (χ1n) is 8.45. The van der Waals surface area contributed by atoms with Gasteiger partial charge in [0, 0.05) is 26.3 Å². The molecule has 0 heterocycles. The number of ether oxygens (including phenoxy) is 1. The Kier molecular flexibility index (Phi) is 6.97. The molecule has 140 valence electrons. The van der Waals surface area contributed by atoms with Crippen molar-refractivity contribution in [3.05, 3.63) is 59.9 Å². The van der Waals surface area contributed by atoms with E-state index in [1.807, 2.05) is 33.1 Å². The van der Waals surface area contributed by atoms with E-state index in [1.54, 1.807) is 0 Å². The van der Waals surface area contributed by atoms with Crippen LogP contribution in [0.25, 0.3) is 0 Å². The highest BCUT2D eigenvalue weighted by Gasteiger charge is 2.15. The Bertz CT molecular complexity index is 700. The minimum atomic E-state index is -0.337. The lowest BCUT2D eigenvalue weighted by molar-refractivity contribution is -0.123. The molecule has 2 aromatic carbocycles. The van der Waals surface area contributed by atoms with Crippen molar-refractivity contribution in [2.24, 2.45) is 0 Å². The van der Waals surface area contributed by atoms with Crippen molar-refractivity contribution in [3.63, 3.8) is 0 Å². The molecule has 5 nitrogen and oxygen atoms in total. The van der Waals surface area contributed by atoms with Gasteiger partial charge in [0.05, 0.1) is 6.04 Å². The molecule has 0 unspecified atom stereocenters. The Morgan fingerprint density at radius 2 is 1.65 bits per heavy atom. The number of benzene rings is 2. The van der Waals surface area contributed by atoms with Crippen LogP contribution in [0.3, 0.4) is 0 Å². The summed E-state index contributed by atoms with van der Waals surface area (Å²) in [4.78, 5) is 16.2. The van der Waals surface area contributed by atoms with Crippen molar-refractivity contribution in [2.75, 3.05) is 46.2 Å². The number of hydrogen-bond acceptors (Lipinski definition) is 4. The van der Waals surface area contributed by atoms with Crippen molar-refractivity contribution < 1.29 is 13.9 Å². The molecular weight excluding hydrogens is 333 g/mol. The van der Waals surface area contributed by atoms with Gasteiger partial charge in [0.2, 0.25) is 0 Å². The number of nitrogens with one attached hydrogen (secondary N) is 1. The van der Waals surface area contributed by atoms with E-state index in [1.165, 1.54) is 24.3 Å². The number of nitrogens with zero attached hydrogens (tertiary/aromatic N) is 2. The lowest BCUT2D eigenvalue weighted by atomic mass is 10.1. The lowest BCUT2D eigenvalue weighted by Crippen LogP contribution is -2.36. The zero-order valence-corrected chi connectivity index (χ0v) is 15.7. The van der Waals surface area contributed by atoms with Gasteiger partial charge < -0.3 is 19.9 Å². The molecule has 2 aromatic rings. The minimum absolute atomic E-state index is 0.0565. The number of halogens is 1. The van der Waals surface area contributed by atoms with Crippen molar-refractivity contribution in [2.45, 2.75) is 6.04 Å². The Balaban J connectivity index is 1.89. The van der Waals surface area contributed by atoms with E-state index in [-0.39, 0.29) is 24.4 Å². The van der Waals surface area contributed by atoms with Crippen molar-refractivity contribution >= 4 is 11.6 Å². The summed E-state index contributed by atoms with van der Waals surface area (Å²) in [6.45, 7) is 0.366. The van der Waals surface area contributed by atoms with Gasteiger partial charge in [0.1, 0.15) is 11.6 Å². The SMILES string of the molecule is CN(C)c1ccc([C@H](CNC(=O)COc2ccc(F)cc2)N(C)C)cc1. The summed E-state index contributed by atoms with van der Waals surface area (Å²) in [6.07, 6.45) is 0. The van der Waals surface area contributed by atoms with Crippen molar-refractivity contribution in [3.8, 4) is 5.75 Å². The predicted octanol–water partition coefficient (Wildman–Crippen LogP) is 2.69. The van der Waals surface area contributed by atoms with E-state index >= 15 is 0 Å². The standard InChI is InChI=1S/C20H26FN3O2/c1-23(2)17-9-5-15(6-10-17)19(24(3)4)13-22-20(25)14-26-18-11-7-16(21)8-12-18/h5-12,19H,13-14H2,1-4H3,(H,22,25)/t19-/m0/s1. The van der Waals surface area contributed by atoms with Gasteiger partial charge in [-0.2, -0.15) is 0 Å². The topological polar surface area (TPSA) is 44.8 Å². The molecule has 0 fully saturated rings. The lowest BCUT2D eigenvalue weighted by Gasteiger charge is -2.25. The molecule has 0 spiro atoms. The fraction of sp³-hybridized carbons (Fsp3) is 0.350. The molecule has 1 atom stereocenters. The zero-order valence-electron chi connectivity index (χ0n) is 15.7. The number of likely N-dealkylation sites (N-methyl/N-ethyl adjacent to an activating group) is 1. The average molecular weight is 359 g/mol. The van der Waals surface area contributed by atoms with E-state index in [9.17, 15) is 9.18 Å². The van der Waals surface area contributed by atoms with E-state index in [0.717, 1.165) is 11.3 Å². The number of anilines is 1. The molecule has 6 heteroatoms. The van der Waals surface area contributed by atoms with Crippen LogP contribution in [0.1, 0.15) is 11.6 Å². The monoisotopic (exact) mass is 359 g/mol. The van der Waals surface area contributed by atoms with Crippen LogP contribution in [0, 0.1) is 5.82 Å². The molecule has 0 saturated carbocycles. The number of amides is 1. The maximum absolute atomic E-state index is 12.9. The highest BCUT2D eigenvalue weighted by atomic mass is 19.1. The van der Waals surface area contributed by atoms with Gasteiger partial charge >= 0.3 is 0 Å². The largest absolute Gasteiger partial charge is 0.484 e. The molecule has 0 saturated heterocycles. The minimum Gasteiger partial charge on any atom is -0.484 e. The van der Waals surface area contributed by atoms with Crippen LogP contribution in [0.15, 0.2) is 48.5 Å². The highest BCUT2D eigenvalue weighted by molar-refractivity contribution is 5.77. The Hall–Kier alpha value is -2.60. The predicted molar refractivity (Wildman–Crippen MR) is 102 cm³/mol. The second-order valence-electron chi connectivity index (χ2n) is 6.51. The fourth-order valence-corrected chi connectivity index (χ4v) is 2.53. The first-order valence-corrected chi connectivity index (χ1v) is 8.45. The zero-order chi connectivity index (χ0) is 19.1. The smallest absolute Gasteiger partial charge is 0.258 e. The number of hydrogen-bond donors (Lipinski definition) is 1. The molecule has 0 radical (unpaired) electrons. The Labute approximate surface area is 154 Å². The first-order chi connectivity index (χ1) is 12.4. The molecule has 2 rings (SSSR count). The molecule has 1 N–H and O–H groups in total. The third-order valence-electron chi connectivity index (χ3n) is 4.09. The van der Waals surface area contributed by atoms with E-state index in [2.05, 4.69) is 34.5 Å². The fourth-order valence-electron chi connectivity index (χ4n) is 2.53. The van der Waals surface area contributed by atoms with Gasteiger partial charge in [-0.05, 0) is 56.1 Å². The number of carbonyl (C=O) groups is 1. The molecule has 0 aromatic heterocycles. The number of rotatable bonds is 8. The van der Waals surface area contributed by atoms with Crippen LogP contribution in [-0.2, 0) is 4.79 Å². The van der Waals surface area contributed by atoms with Gasteiger partial charge in [-0.15, -0.1) is 0 Å². The molecule has 0 aliphatic carbocycles. The summed E-state index contributed by atoms with van der Waals surface area (Å²) in [5, 5.41) is 2.89. The van der Waals surface area contributed by atoms with E-state index in [4.69, 9.17) is 4.74 Å². The van der Waals surface area contributed by atoms with Crippen LogP contribution < -0.4 is 15.0 Å². The van der Waals surface area contributed by atoms with E-state index < -0.39 is 0 Å². The quantitative estimate of drug-likeness (QED) is 0.787. The second-order valence-corrected chi connectivity index (χ2v) is 6.51. The maximum Gasteiger partial charge on any atom is 0.258 e. The average Bonchev–Trinajstić information content (AvgIpc) is 2.61. The Morgan fingerprint density at radius 3 is 2.19 bits per heavy atom. The summed E-state index contributed by atoms with van der Waals surface area (Å²) in [6, 6.07) is 13.9. The summed E-state index contributed by atoms with van der Waals surface area (Å²) >= 11 is 0. The van der Waals surface area contributed by atoms with Crippen LogP contribution in [0.2, 0.25) is 0 Å². The van der Waals surface area contributed by atoms with Crippen LogP contribution >= 0.6 is 0 Å². The van der Waals surface area contributed by atoms with Gasteiger partial charge in [-0.25, -0.2) is 4.39 Å². The Morgan fingerprint density at radius 1 is 1.04 bits per heavy atom. The van der Waals surface area contributed by atoms with Gasteiger partial charge in [0.15, 0.2) is 6.61 Å². The van der Waals surface area contributed by atoms with Gasteiger partial charge in [-0.3, -0.25) is 4.79 Å². The molecule has 1 amide bonds. The number of carbonyl (C=O) groups excluding carboxylic acids is 1. The van der Waals surface area contributed by atoms with Crippen LogP contribution in [0.4, 0.5) is 10.1 Å². The first kappa shape index (κ1) is 19.7. The molecular formula is C20H26FN3O2. The molecule has 0 aliphatic rings. The summed E-state index contributed by atoms with van der Waals surface area (Å²) < 4.78 is 18.2. The summed E-state index contributed by atoms with van der Waals surface area (Å²) in [7, 11) is 7.96. The highest BCUT2D eigenvalue weighted by Crippen LogP contribution is 2.21. The van der Waals surface area contributed by atoms with Gasteiger partial charge in [-0.1, -0.05) is 12.1 Å².